The van der Waals surface area contributed by atoms with E-state index in [2.05, 4.69) is 17.6 Å². The maximum atomic E-state index is 12.1. The SMILES string of the molecule is CC1CC(NC(=O)COc2cccc3ccccc23)CCN1.Cl. The molecular formula is C18H23ClN2O2. The normalized spacial score (nSPS) is 20.6. The molecule has 0 saturated carbocycles. The molecule has 124 valence electrons. The molecule has 2 aromatic rings. The Balaban J connectivity index is 0.00000192. The van der Waals surface area contributed by atoms with E-state index in [4.69, 9.17) is 4.74 Å². The molecule has 1 heterocycles. The lowest BCUT2D eigenvalue weighted by Crippen LogP contribution is -2.47. The van der Waals surface area contributed by atoms with Crippen LogP contribution in [0.15, 0.2) is 42.5 Å². The quantitative estimate of drug-likeness (QED) is 0.904. The highest BCUT2D eigenvalue weighted by Gasteiger charge is 2.20. The van der Waals surface area contributed by atoms with Crippen molar-refractivity contribution in [2.45, 2.75) is 31.8 Å². The highest BCUT2D eigenvalue weighted by atomic mass is 35.5. The molecule has 2 atom stereocenters. The first-order chi connectivity index (χ1) is 10.7. The van der Waals surface area contributed by atoms with E-state index in [1.165, 1.54) is 0 Å². The summed E-state index contributed by atoms with van der Waals surface area (Å²) in [5, 5.41) is 8.60. The molecule has 3 rings (SSSR count). The third kappa shape index (κ3) is 4.60. The number of ether oxygens (including phenoxy) is 1. The number of piperidine rings is 1. The minimum absolute atomic E-state index is 0. The number of halogens is 1. The Morgan fingerprint density at radius 2 is 2.04 bits per heavy atom. The number of carbonyl (C=O) groups excluding carboxylic acids is 1. The van der Waals surface area contributed by atoms with E-state index >= 15 is 0 Å². The molecule has 0 spiro atoms. The second-order valence-electron chi connectivity index (χ2n) is 5.91. The summed E-state index contributed by atoms with van der Waals surface area (Å²) >= 11 is 0. The summed E-state index contributed by atoms with van der Waals surface area (Å²) in [5.74, 6) is 0.707. The van der Waals surface area contributed by atoms with Crippen molar-refractivity contribution >= 4 is 29.1 Å². The molecule has 1 aliphatic heterocycles. The van der Waals surface area contributed by atoms with Gasteiger partial charge in [-0.1, -0.05) is 36.4 Å². The maximum Gasteiger partial charge on any atom is 0.258 e. The molecule has 1 fully saturated rings. The van der Waals surface area contributed by atoms with Crippen LogP contribution in [0.25, 0.3) is 10.8 Å². The maximum absolute atomic E-state index is 12.1. The molecule has 0 aromatic heterocycles. The molecule has 1 aliphatic rings. The van der Waals surface area contributed by atoms with Gasteiger partial charge in [-0.3, -0.25) is 4.79 Å². The summed E-state index contributed by atoms with van der Waals surface area (Å²) in [6, 6.07) is 14.6. The Kier molecular flexibility index (Phi) is 6.25. The van der Waals surface area contributed by atoms with Crippen molar-refractivity contribution in [3.63, 3.8) is 0 Å². The molecule has 0 radical (unpaired) electrons. The largest absolute Gasteiger partial charge is 0.483 e. The van der Waals surface area contributed by atoms with Crippen LogP contribution >= 0.6 is 12.4 Å². The second-order valence-corrected chi connectivity index (χ2v) is 5.91. The Bertz CT molecular complexity index is 657. The zero-order valence-electron chi connectivity index (χ0n) is 13.2. The van der Waals surface area contributed by atoms with Crippen molar-refractivity contribution in [1.82, 2.24) is 10.6 Å². The van der Waals surface area contributed by atoms with Crippen molar-refractivity contribution in [2.24, 2.45) is 0 Å². The predicted octanol–water partition coefficient (Wildman–Crippen LogP) is 2.90. The van der Waals surface area contributed by atoms with E-state index in [1.807, 2.05) is 42.5 Å². The third-order valence-corrected chi connectivity index (χ3v) is 4.10. The van der Waals surface area contributed by atoms with E-state index in [0.717, 1.165) is 35.9 Å². The minimum atomic E-state index is -0.0490. The number of rotatable bonds is 4. The first-order valence-electron chi connectivity index (χ1n) is 7.85. The summed E-state index contributed by atoms with van der Waals surface area (Å²) in [4.78, 5) is 12.1. The van der Waals surface area contributed by atoms with Crippen LogP contribution in [-0.4, -0.2) is 31.1 Å². The van der Waals surface area contributed by atoms with Gasteiger partial charge in [0.25, 0.3) is 5.91 Å². The molecular weight excluding hydrogens is 312 g/mol. The Morgan fingerprint density at radius 1 is 1.26 bits per heavy atom. The lowest BCUT2D eigenvalue weighted by atomic mass is 10.0. The molecule has 1 saturated heterocycles. The van der Waals surface area contributed by atoms with Gasteiger partial charge in [-0.15, -0.1) is 12.4 Å². The first kappa shape index (κ1) is 17.6. The van der Waals surface area contributed by atoms with Crippen LogP contribution in [0.3, 0.4) is 0 Å². The number of hydrogen-bond donors (Lipinski definition) is 2. The van der Waals surface area contributed by atoms with Gasteiger partial charge in [-0.2, -0.15) is 0 Å². The fourth-order valence-corrected chi connectivity index (χ4v) is 3.00. The van der Waals surface area contributed by atoms with Crippen molar-refractivity contribution in [1.29, 1.82) is 0 Å². The standard InChI is InChI=1S/C18H22N2O2.ClH/c1-13-11-15(9-10-19-13)20-18(21)12-22-17-8-4-6-14-5-2-3-7-16(14)17;/h2-8,13,15,19H,9-12H2,1H3,(H,20,21);1H. The van der Waals surface area contributed by atoms with Gasteiger partial charge >= 0.3 is 0 Å². The van der Waals surface area contributed by atoms with Crippen molar-refractivity contribution < 1.29 is 9.53 Å². The molecule has 0 bridgehead atoms. The molecule has 2 aromatic carbocycles. The first-order valence-corrected chi connectivity index (χ1v) is 7.85. The van der Waals surface area contributed by atoms with Gasteiger partial charge in [0.05, 0.1) is 0 Å². The van der Waals surface area contributed by atoms with Crippen LogP contribution in [0, 0.1) is 0 Å². The Hall–Kier alpha value is -1.78. The predicted molar refractivity (Wildman–Crippen MR) is 95.3 cm³/mol. The monoisotopic (exact) mass is 334 g/mol. The van der Waals surface area contributed by atoms with Gasteiger partial charge in [-0.25, -0.2) is 0 Å². The molecule has 23 heavy (non-hydrogen) atoms. The van der Waals surface area contributed by atoms with Crippen LogP contribution in [0.2, 0.25) is 0 Å². The van der Waals surface area contributed by atoms with E-state index in [-0.39, 0.29) is 31.0 Å². The molecule has 1 amide bonds. The van der Waals surface area contributed by atoms with Crippen LogP contribution in [-0.2, 0) is 4.79 Å². The van der Waals surface area contributed by atoms with Gasteiger partial charge < -0.3 is 15.4 Å². The van der Waals surface area contributed by atoms with Crippen LogP contribution in [0.4, 0.5) is 0 Å². The molecule has 2 N–H and O–H groups in total. The topological polar surface area (TPSA) is 50.4 Å². The highest BCUT2D eigenvalue weighted by Crippen LogP contribution is 2.24. The molecule has 0 aliphatic carbocycles. The summed E-state index contributed by atoms with van der Waals surface area (Å²) in [6.45, 7) is 3.16. The van der Waals surface area contributed by atoms with E-state index in [9.17, 15) is 4.79 Å². The molecule has 4 nitrogen and oxygen atoms in total. The van der Waals surface area contributed by atoms with Gasteiger partial charge in [0.1, 0.15) is 5.75 Å². The average molecular weight is 335 g/mol. The van der Waals surface area contributed by atoms with Gasteiger partial charge in [0.15, 0.2) is 6.61 Å². The number of nitrogens with one attached hydrogen (secondary N) is 2. The Labute approximate surface area is 143 Å². The van der Waals surface area contributed by atoms with E-state index in [1.54, 1.807) is 0 Å². The van der Waals surface area contributed by atoms with E-state index < -0.39 is 0 Å². The van der Waals surface area contributed by atoms with E-state index in [0.29, 0.717) is 6.04 Å². The summed E-state index contributed by atoms with van der Waals surface area (Å²) in [5.41, 5.74) is 0. The lowest BCUT2D eigenvalue weighted by molar-refractivity contribution is -0.124. The van der Waals surface area contributed by atoms with Crippen molar-refractivity contribution in [3.8, 4) is 5.75 Å². The number of carbonyl (C=O) groups is 1. The van der Waals surface area contributed by atoms with Crippen molar-refractivity contribution in [2.75, 3.05) is 13.2 Å². The number of hydrogen-bond acceptors (Lipinski definition) is 3. The summed E-state index contributed by atoms with van der Waals surface area (Å²) in [6.07, 6.45) is 1.95. The summed E-state index contributed by atoms with van der Waals surface area (Å²) < 4.78 is 5.72. The van der Waals surface area contributed by atoms with Gasteiger partial charge in [0, 0.05) is 17.5 Å². The zero-order chi connectivity index (χ0) is 15.4. The number of benzene rings is 2. The summed E-state index contributed by atoms with van der Waals surface area (Å²) in [7, 11) is 0. The average Bonchev–Trinajstić information content (AvgIpc) is 2.53. The second kappa shape index (κ2) is 8.18. The van der Waals surface area contributed by atoms with Gasteiger partial charge in [-0.05, 0) is 37.8 Å². The fraction of sp³-hybridized carbons (Fsp3) is 0.389. The highest BCUT2D eigenvalue weighted by molar-refractivity contribution is 5.88. The third-order valence-electron chi connectivity index (χ3n) is 4.10. The Morgan fingerprint density at radius 3 is 2.87 bits per heavy atom. The van der Waals surface area contributed by atoms with Crippen LogP contribution in [0.1, 0.15) is 19.8 Å². The fourth-order valence-electron chi connectivity index (χ4n) is 3.00. The zero-order valence-corrected chi connectivity index (χ0v) is 14.1. The van der Waals surface area contributed by atoms with Crippen LogP contribution < -0.4 is 15.4 Å². The number of fused-ring (bicyclic) bond motifs is 1. The molecule has 5 heteroatoms. The lowest BCUT2D eigenvalue weighted by Gasteiger charge is -2.28. The number of amides is 1. The van der Waals surface area contributed by atoms with Crippen molar-refractivity contribution in [3.05, 3.63) is 42.5 Å². The van der Waals surface area contributed by atoms with Gasteiger partial charge in [0.2, 0.25) is 0 Å². The minimum Gasteiger partial charge on any atom is -0.483 e. The smallest absolute Gasteiger partial charge is 0.258 e. The van der Waals surface area contributed by atoms with Crippen LogP contribution in [0.5, 0.6) is 5.75 Å². The molecule has 2 unspecified atom stereocenters.